The highest BCUT2D eigenvalue weighted by Crippen LogP contribution is 2.15. The molecule has 2 heterocycles. The summed E-state index contributed by atoms with van der Waals surface area (Å²) in [7, 11) is 0. The van der Waals surface area contributed by atoms with Gasteiger partial charge in [0.2, 0.25) is 0 Å². The molecule has 2 aliphatic heterocycles. The van der Waals surface area contributed by atoms with E-state index in [-0.39, 0.29) is 12.1 Å². The van der Waals surface area contributed by atoms with Crippen molar-refractivity contribution in [3.05, 3.63) is 0 Å². The second-order valence-corrected chi connectivity index (χ2v) is 4.84. The number of nitrogens with one attached hydrogen (secondary N) is 2. The summed E-state index contributed by atoms with van der Waals surface area (Å²) in [5.41, 5.74) is 0. The highest BCUT2D eigenvalue weighted by molar-refractivity contribution is 5.74. The second-order valence-electron chi connectivity index (χ2n) is 4.84. The molecule has 2 atom stereocenters. The van der Waals surface area contributed by atoms with Gasteiger partial charge in [0, 0.05) is 19.2 Å². The van der Waals surface area contributed by atoms with Crippen molar-refractivity contribution in [2.24, 2.45) is 0 Å². The number of ether oxygens (including phenoxy) is 1. The molecule has 0 aliphatic carbocycles. The third kappa shape index (κ3) is 3.57. The number of urea groups is 1. The van der Waals surface area contributed by atoms with Crippen LogP contribution in [0.2, 0.25) is 0 Å². The summed E-state index contributed by atoms with van der Waals surface area (Å²) in [5, 5.41) is 5.91. The van der Waals surface area contributed by atoms with Gasteiger partial charge in [-0.2, -0.15) is 0 Å². The predicted molar refractivity (Wildman–Crippen MR) is 66.0 cm³/mol. The quantitative estimate of drug-likeness (QED) is 0.756. The van der Waals surface area contributed by atoms with Crippen molar-refractivity contribution in [1.29, 1.82) is 0 Å². The predicted octanol–water partition coefficient (Wildman–Crippen LogP) is 0.559. The first kappa shape index (κ1) is 12.6. The maximum atomic E-state index is 11.7. The number of nitrogens with zero attached hydrogens (tertiary/aromatic N) is 1. The summed E-state index contributed by atoms with van der Waals surface area (Å²) in [6.07, 6.45) is 3.37. The number of likely N-dealkylation sites (tertiary alicyclic amines) is 1. The highest BCUT2D eigenvalue weighted by Gasteiger charge is 2.24. The summed E-state index contributed by atoms with van der Waals surface area (Å²) < 4.78 is 5.22. The summed E-state index contributed by atoms with van der Waals surface area (Å²) in [4.78, 5) is 14.1. The molecule has 2 amide bonds. The first-order valence-corrected chi connectivity index (χ1v) is 6.65. The average Bonchev–Trinajstić information content (AvgIpc) is 2.96. The van der Waals surface area contributed by atoms with Crippen molar-refractivity contribution < 1.29 is 9.53 Å². The Bertz CT molecular complexity index is 254. The minimum atomic E-state index is -0.0524. The van der Waals surface area contributed by atoms with Crippen LogP contribution in [-0.2, 0) is 4.74 Å². The molecule has 17 heavy (non-hydrogen) atoms. The third-order valence-electron chi connectivity index (χ3n) is 3.67. The Labute approximate surface area is 103 Å². The van der Waals surface area contributed by atoms with Gasteiger partial charge >= 0.3 is 6.03 Å². The molecule has 2 aliphatic rings. The van der Waals surface area contributed by atoms with Gasteiger partial charge < -0.3 is 15.4 Å². The maximum absolute atomic E-state index is 11.7. The zero-order chi connectivity index (χ0) is 12.1. The lowest BCUT2D eigenvalue weighted by molar-refractivity contribution is 0.188. The SMILES string of the molecule is CCN1CCCC1CNC(=O)NC1CCOC1. The summed E-state index contributed by atoms with van der Waals surface area (Å²) in [6.45, 7) is 6.59. The Hall–Kier alpha value is -0.810. The van der Waals surface area contributed by atoms with Crippen LogP contribution in [0.4, 0.5) is 4.79 Å². The fourth-order valence-corrected chi connectivity index (χ4v) is 2.64. The van der Waals surface area contributed by atoms with Crippen molar-refractivity contribution in [2.75, 3.05) is 32.8 Å². The zero-order valence-electron chi connectivity index (χ0n) is 10.6. The Morgan fingerprint density at radius 2 is 2.35 bits per heavy atom. The van der Waals surface area contributed by atoms with Gasteiger partial charge in [-0.15, -0.1) is 0 Å². The smallest absolute Gasteiger partial charge is 0.315 e. The molecule has 0 bridgehead atoms. The lowest BCUT2D eigenvalue weighted by Gasteiger charge is -2.23. The average molecular weight is 241 g/mol. The van der Waals surface area contributed by atoms with Gasteiger partial charge in [-0.1, -0.05) is 6.92 Å². The van der Waals surface area contributed by atoms with Crippen molar-refractivity contribution in [3.63, 3.8) is 0 Å². The van der Waals surface area contributed by atoms with Gasteiger partial charge in [-0.05, 0) is 32.4 Å². The van der Waals surface area contributed by atoms with Crippen LogP contribution in [0, 0.1) is 0 Å². The van der Waals surface area contributed by atoms with E-state index in [2.05, 4.69) is 22.5 Å². The van der Waals surface area contributed by atoms with Gasteiger partial charge in [-0.3, -0.25) is 4.90 Å². The minimum Gasteiger partial charge on any atom is -0.379 e. The molecule has 2 unspecified atom stereocenters. The van der Waals surface area contributed by atoms with Crippen molar-refractivity contribution in [3.8, 4) is 0 Å². The van der Waals surface area contributed by atoms with E-state index < -0.39 is 0 Å². The van der Waals surface area contributed by atoms with Crippen LogP contribution in [0.15, 0.2) is 0 Å². The first-order chi connectivity index (χ1) is 8.29. The van der Waals surface area contributed by atoms with E-state index in [1.54, 1.807) is 0 Å². The van der Waals surface area contributed by atoms with Crippen LogP contribution in [0.25, 0.3) is 0 Å². The third-order valence-corrected chi connectivity index (χ3v) is 3.67. The Morgan fingerprint density at radius 3 is 3.06 bits per heavy atom. The van der Waals surface area contributed by atoms with E-state index >= 15 is 0 Å². The molecule has 2 N–H and O–H groups in total. The molecule has 2 rings (SSSR count). The van der Waals surface area contributed by atoms with Crippen molar-refractivity contribution in [2.45, 2.75) is 38.3 Å². The molecular formula is C12H23N3O2. The van der Waals surface area contributed by atoms with E-state index in [0.29, 0.717) is 12.6 Å². The molecule has 0 aromatic rings. The normalized spacial score (nSPS) is 29.5. The van der Waals surface area contributed by atoms with Crippen LogP contribution in [0.3, 0.4) is 0 Å². The van der Waals surface area contributed by atoms with Gasteiger partial charge in [-0.25, -0.2) is 4.79 Å². The molecular weight excluding hydrogens is 218 g/mol. The van der Waals surface area contributed by atoms with Crippen LogP contribution in [0.1, 0.15) is 26.2 Å². The number of carbonyl (C=O) groups is 1. The maximum Gasteiger partial charge on any atom is 0.315 e. The van der Waals surface area contributed by atoms with E-state index in [1.165, 1.54) is 19.4 Å². The largest absolute Gasteiger partial charge is 0.379 e. The van der Waals surface area contributed by atoms with Gasteiger partial charge in [0.1, 0.15) is 0 Å². The molecule has 5 nitrogen and oxygen atoms in total. The second kappa shape index (κ2) is 6.21. The molecule has 0 radical (unpaired) electrons. The molecule has 2 saturated heterocycles. The fraction of sp³-hybridized carbons (Fsp3) is 0.917. The number of carbonyl (C=O) groups excluding carboxylic acids is 1. The Morgan fingerprint density at radius 1 is 1.47 bits per heavy atom. The minimum absolute atomic E-state index is 0.0524. The number of amides is 2. The Kier molecular flexibility index (Phi) is 4.62. The Balaban J connectivity index is 1.65. The molecule has 0 saturated carbocycles. The van der Waals surface area contributed by atoms with Crippen LogP contribution in [-0.4, -0.2) is 55.9 Å². The first-order valence-electron chi connectivity index (χ1n) is 6.65. The summed E-state index contributed by atoms with van der Waals surface area (Å²) >= 11 is 0. The lowest BCUT2D eigenvalue weighted by Crippen LogP contribution is -2.47. The standard InChI is InChI=1S/C12H23N3O2/c1-2-15-6-3-4-11(15)8-13-12(16)14-10-5-7-17-9-10/h10-11H,2-9H2,1H3,(H2,13,14,16). The number of rotatable bonds is 4. The molecule has 0 spiro atoms. The number of hydrogen-bond acceptors (Lipinski definition) is 3. The topological polar surface area (TPSA) is 53.6 Å². The lowest BCUT2D eigenvalue weighted by atomic mass is 10.2. The molecule has 5 heteroatoms. The van der Waals surface area contributed by atoms with E-state index in [9.17, 15) is 4.79 Å². The number of likely N-dealkylation sites (N-methyl/N-ethyl adjacent to an activating group) is 1. The van der Waals surface area contributed by atoms with Crippen molar-refractivity contribution >= 4 is 6.03 Å². The fourth-order valence-electron chi connectivity index (χ4n) is 2.64. The number of hydrogen-bond donors (Lipinski definition) is 2. The van der Waals surface area contributed by atoms with Gasteiger partial charge in [0.05, 0.1) is 12.6 Å². The van der Waals surface area contributed by atoms with E-state index in [4.69, 9.17) is 4.74 Å². The molecule has 0 aromatic heterocycles. The van der Waals surface area contributed by atoms with E-state index in [0.717, 1.165) is 26.1 Å². The van der Waals surface area contributed by atoms with E-state index in [1.807, 2.05) is 0 Å². The molecule has 0 aromatic carbocycles. The van der Waals surface area contributed by atoms with Crippen molar-refractivity contribution in [1.82, 2.24) is 15.5 Å². The monoisotopic (exact) mass is 241 g/mol. The van der Waals surface area contributed by atoms with Crippen LogP contribution in [0.5, 0.6) is 0 Å². The van der Waals surface area contributed by atoms with Gasteiger partial charge in [0.15, 0.2) is 0 Å². The molecule has 2 fully saturated rings. The van der Waals surface area contributed by atoms with Crippen LogP contribution >= 0.6 is 0 Å². The summed E-state index contributed by atoms with van der Waals surface area (Å²) in [5.74, 6) is 0. The van der Waals surface area contributed by atoms with Crippen LogP contribution < -0.4 is 10.6 Å². The highest BCUT2D eigenvalue weighted by atomic mass is 16.5. The zero-order valence-corrected chi connectivity index (χ0v) is 10.6. The summed E-state index contributed by atoms with van der Waals surface area (Å²) in [6, 6.07) is 0.662. The van der Waals surface area contributed by atoms with Gasteiger partial charge in [0.25, 0.3) is 0 Å². The molecule has 98 valence electrons.